The number of carbonyl (C=O) groups is 1. The first-order valence-electron chi connectivity index (χ1n) is 14.1. The molecule has 0 radical (unpaired) electrons. The van der Waals surface area contributed by atoms with Crippen LogP contribution in [-0.2, 0) is 9.53 Å². The zero-order chi connectivity index (χ0) is 30.1. The third-order valence-electron chi connectivity index (χ3n) is 7.58. The molecule has 43 heavy (non-hydrogen) atoms. The molecule has 216 valence electrons. The second kappa shape index (κ2) is 11.7. The lowest BCUT2D eigenvalue weighted by Crippen LogP contribution is -2.40. The lowest BCUT2D eigenvalue weighted by atomic mass is 9.93. The number of methoxy groups -OCH3 is 1. The minimum absolute atomic E-state index is 0.196. The second-order valence-corrected chi connectivity index (χ2v) is 11.2. The molecule has 2 aromatic heterocycles. The van der Waals surface area contributed by atoms with E-state index in [2.05, 4.69) is 36.6 Å². The molecule has 0 spiro atoms. The molecule has 0 amide bonds. The van der Waals surface area contributed by atoms with Crippen molar-refractivity contribution in [1.82, 2.24) is 9.13 Å². The van der Waals surface area contributed by atoms with Gasteiger partial charge in [0.05, 0.1) is 35.6 Å². The smallest absolute Gasteiger partial charge is 0.338 e. The number of para-hydroxylation sites is 1. The zero-order valence-corrected chi connectivity index (χ0v) is 25.2. The molecule has 7 nitrogen and oxygen atoms in total. The summed E-state index contributed by atoms with van der Waals surface area (Å²) in [5.41, 5.74) is 6.21. The third kappa shape index (κ3) is 5.15. The number of fused-ring (bicyclic) bond motifs is 1. The SMILES string of the molecule is CCOC(=O)C1=C(c2ccccc2)N=c2s/c(=C\c3cc(C)n(-c4ccccc4)c3C)c(=O)n2[C@@H]1c1ccc(OC)cc1. The van der Waals surface area contributed by atoms with Gasteiger partial charge in [-0.15, -0.1) is 0 Å². The van der Waals surface area contributed by atoms with Gasteiger partial charge in [-0.3, -0.25) is 9.36 Å². The molecule has 0 N–H and O–H groups in total. The number of aromatic nitrogens is 2. The number of hydrogen-bond acceptors (Lipinski definition) is 6. The Kier molecular flexibility index (Phi) is 7.69. The molecule has 0 unspecified atom stereocenters. The van der Waals surface area contributed by atoms with E-state index in [1.807, 2.05) is 78.9 Å². The zero-order valence-electron chi connectivity index (χ0n) is 24.4. The van der Waals surface area contributed by atoms with E-state index in [0.717, 1.165) is 33.8 Å². The number of hydrogen-bond donors (Lipinski definition) is 0. The first-order valence-corrected chi connectivity index (χ1v) is 14.9. The molecule has 0 bridgehead atoms. The quantitative estimate of drug-likeness (QED) is 0.240. The number of carbonyl (C=O) groups excluding carboxylic acids is 1. The van der Waals surface area contributed by atoms with Gasteiger partial charge >= 0.3 is 5.97 Å². The third-order valence-corrected chi connectivity index (χ3v) is 8.56. The number of thiazole rings is 1. The normalized spacial score (nSPS) is 14.8. The van der Waals surface area contributed by atoms with Crippen molar-refractivity contribution >= 4 is 29.1 Å². The molecular formula is C35H31N3O4S. The Morgan fingerprint density at radius 1 is 0.977 bits per heavy atom. The summed E-state index contributed by atoms with van der Waals surface area (Å²) in [5, 5.41) is 0. The number of aryl methyl sites for hydroxylation is 1. The summed E-state index contributed by atoms with van der Waals surface area (Å²) < 4.78 is 15.3. The molecule has 5 aromatic rings. The predicted molar refractivity (Wildman–Crippen MR) is 169 cm³/mol. The topological polar surface area (TPSA) is 74.8 Å². The first kappa shape index (κ1) is 28.2. The Hall–Kier alpha value is -4.95. The highest BCUT2D eigenvalue weighted by Crippen LogP contribution is 2.35. The van der Waals surface area contributed by atoms with Crippen LogP contribution < -0.4 is 19.6 Å². The van der Waals surface area contributed by atoms with Crippen molar-refractivity contribution in [2.75, 3.05) is 13.7 Å². The average molecular weight is 590 g/mol. The number of rotatable bonds is 7. The van der Waals surface area contributed by atoms with Crippen molar-refractivity contribution < 1.29 is 14.3 Å². The van der Waals surface area contributed by atoms with Gasteiger partial charge in [-0.2, -0.15) is 0 Å². The molecule has 3 heterocycles. The predicted octanol–water partition coefficient (Wildman–Crippen LogP) is 5.35. The van der Waals surface area contributed by atoms with Gasteiger partial charge in [-0.1, -0.05) is 72.0 Å². The highest BCUT2D eigenvalue weighted by atomic mass is 32.1. The summed E-state index contributed by atoms with van der Waals surface area (Å²) in [6.07, 6.45) is 1.92. The van der Waals surface area contributed by atoms with Crippen molar-refractivity contribution in [3.05, 3.63) is 144 Å². The summed E-state index contributed by atoms with van der Waals surface area (Å²) in [7, 11) is 1.60. The van der Waals surface area contributed by atoms with Gasteiger partial charge in [0.25, 0.3) is 5.56 Å². The monoisotopic (exact) mass is 589 g/mol. The van der Waals surface area contributed by atoms with Crippen molar-refractivity contribution in [2.45, 2.75) is 26.8 Å². The van der Waals surface area contributed by atoms with Crippen LogP contribution in [0.1, 0.15) is 41.0 Å². The van der Waals surface area contributed by atoms with Gasteiger partial charge in [0.15, 0.2) is 4.80 Å². The molecule has 0 aliphatic carbocycles. The number of esters is 1. The van der Waals surface area contributed by atoms with Crippen LogP contribution in [0.15, 0.2) is 106 Å². The molecule has 1 atom stereocenters. The Labute approximate surface area is 253 Å². The Balaban J connectivity index is 1.60. The molecule has 3 aromatic carbocycles. The van der Waals surface area contributed by atoms with Crippen molar-refractivity contribution in [3.63, 3.8) is 0 Å². The van der Waals surface area contributed by atoms with Crippen LogP contribution in [-0.4, -0.2) is 28.8 Å². The average Bonchev–Trinajstić information content (AvgIpc) is 3.50. The van der Waals surface area contributed by atoms with Crippen LogP contribution in [0.2, 0.25) is 0 Å². The second-order valence-electron chi connectivity index (χ2n) is 10.2. The fraction of sp³-hybridized carbons (Fsp3) is 0.171. The van der Waals surface area contributed by atoms with E-state index in [4.69, 9.17) is 14.5 Å². The Bertz CT molecular complexity index is 2020. The summed E-state index contributed by atoms with van der Waals surface area (Å²) in [5.74, 6) is 0.168. The fourth-order valence-corrected chi connectivity index (χ4v) is 6.58. The lowest BCUT2D eigenvalue weighted by molar-refractivity contribution is -0.138. The Morgan fingerprint density at radius 2 is 1.65 bits per heavy atom. The first-order chi connectivity index (χ1) is 20.9. The highest BCUT2D eigenvalue weighted by molar-refractivity contribution is 7.07. The molecule has 0 fully saturated rings. The van der Waals surface area contributed by atoms with E-state index in [1.54, 1.807) is 18.6 Å². The number of ether oxygens (including phenoxy) is 2. The highest BCUT2D eigenvalue weighted by Gasteiger charge is 2.35. The van der Waals surface area contributed by atoms with E-state index in [0.29, 0.717) is 26.4 Å². The molecule has 1 aliphatic heterocycles. The fourth-order valence-electron chi connectivity index (χ4n) is 5.59. The maximum Gasteiger partial charge on any atom is 0.338 e. The molecule has 1 aliphatic rings. The van der Waals surface area contributed by atoms with Crippen molar-refractivity contribution in [3.8, 4) is 11.4 Å². The van der Waals surface area contributed by atoms with Gasteiger partial charge in [0, 0.05) is 22.6 Å². The van der Waals surface area contributed by atoms with Crippen molar-refractivity contribution in [1.29, 1.82) is 0 Å². The van der Waals surface area contributed by atoms with Crippen LogP contribution in [0.4, 0.5) is 0 Å². The van der Waals surface area contributed by atoms with Gasteiger partial charge in [0.1, 0.15) is 5.75 Å². The molecular weight excluding hydrogens is 558 g/mol. The van der Waals surface area contributed by atoms with Crippen LogP contribution >= 0.6 is 11.3 Å². The minimum atomic E-state index is -0.740. The molecule has 0 saturated carbocycles. The largest absolute Gasteiger partial charge is 0.497 e. The maximum absolute atomic E-state index is 14.2. The van der Waals surface area contributed by atoms with E-state index < -0.39 is 12.0 Å². The van der Waals surface area contributed by atoms with Gasteiger partial charge < -0.3 is 14.0 Å². The van der Waals surface area contributed by atoms with E-state index in [9.17, 15) is 9.59 Å². The molecule has 6 rings (SSSR count). The van der Waals surface area contributed by atoms with Crippen LogP contribution in [0, 0.1) is 13.8 Å². The van der Waals surface area contributed by atoms with Gasteiger partial charge in [-0.05, 0) is 68.3 Å². The summed E-state index contributed by atoms with van der Waals surface area (Å²) in [6, 6.07) is 28.4. The van der Waals surface area contributed by atoms with E-state index >= 15 is 0 Å². The van der Waals surface area contributed by atoms with Crippen LogP contribution in [0.3, 0.4) is 0 Å². The van der Waals surface area contributed by atoms with Crippen LogP contribution in [0.25, 0.3) is 17.5 Å². The Morgan fingerprint density at radius 3 is 2.30 bits per heavy atom. The van der Waals surface area contributed by atoms with E-state index in [1.165, 1.54) is 11.3 Å². The summed E-state index contributed by atoms with van der Waals surface area (Å²) >= 11 is 1.32. The molecule has 0 saturated heterocycles. The number of nitrogens with zero attached hydrogens (tertiary/aromatic N) is 3. The van der Waals surface area contributed by atoms with Gasteiger partial charge in [0.2, 0.25) is 0 Å². The minimum Gasteiger partial charge on any atom is -0.497 e. The maximum atomic E-state index is 14.2. The lowest BCUT2D eigenvalue weighted by Gasteiger charge is -2.26. The molecule has 8 heteroatoms. The van der Waals surface area contributed by atoms with E-state index in [-0.39, 0.29) is 12.2 Å². The van der Waals surface area contributed by atoms with Crippen LogP contribution in [0.5, 0.6) is 5.75 Å². The van der Waals surface area contributed by atoms with Gasteiger partial charge in [-0.25, -0.2) is 9.79 Å². The standard InChI is InChI=1S/C35H31N3O4S/c1-5-42-34(40)30-31(24-12-8-6-9-13-24)36-35-38(32(30)25-16-18-28(41-4)19-17-25)33(39)29(43-35)21-26-20-22(2)37(23(26)3)27-14-10-7-11-15-27/h6-21,32H,5H2,1-4H3/b29-21-/t32-/m1/s1. The summed E-state index contributed by atoms with van der Waals surface area (Å²) in [4.78, 5) is 33.3. The summed E-state index contributed by atoms with van der Waals surface area (Å²) in [6.45, 7) is 6.07. The number of benzene rings is 3. The van der Waals surface area contributed by atoms with Crippen molar-refractivity contribution in [2.24, 2.45) is 4.99 Å².